The summed E-state index contributed by atoms with van der Waals surface area (Å²) in [6.45, 7) is 0. The second-order valence-electron chi connectivity index (χ2n) is 5.17. The van der Waals surface area contributed by atoms with Crippen molar-refractivity contribution in [3.8, 4) is 11.9 Å². The predicted molar refractivity (Wildman–Crippen MR) is 94.4 cm³/mol. The third-order valence-corrected chi connectivity index (χ3v) is 4.28. The summed E-state index contributed by atoms with van der Waals surface area (Å²) in [6, 6.07) is 7.69. The molecule has 2 aromatic heterocycles. The highest BCUT2D eigenvalue weighted by molar-refractivity contribution is 7.15. The van der Waals surface area contributed by atoms with Crippen LogP contribution in [0.15, 0.2) is 36.5 Å². The Morgan fingerprint density at radius 1 is 1.19 bits per heavy atom. The maximum Gasteiger partial charge on any atom is 0.320 e. The van der Waals surface area contributed by atoms with Gasteiger partial charge >= 0.3 is 6.01 Å². The Morgan fingerprint density at radius 2 is 1.96 bits per heavy atom. The summed E-state index contributed by atoms with van der Waals surface area (Å²) in [6.07, 6.45) is 2.27. The Kier molecular flexibility index (Phi) is 5.37. The lowest BCUT2D eigenvalue weighted by Crippen LogP contribution is -2.14. The maximum absolute atomic E-state index is 13.0. The number of halogens is 1. The zero-order chi connectivity index (χ0) is 18.5. The molecule has 134 valence electrons. The average Bonchev–Trinajstić information content (AvgIpc) is 3.09. The van der Waals surface area contributed by atoms with Gasteiger partial charge < -0.3 is 9.47 Å². The number of methoxy groups -OCH3 is 2. The zero-order valence-electron chi connectivity index (χ0n) is 14.0. The van der Waals surface area contributed by atoms with E-state index in [1.54, 1.807) is 18.3 Å². The number of rotatable bonds is 6. The molecule has 1 N–H and O–H groups in total. The molecule has 3 aromatic rings. The molecule has 0 bridgehead atoms. The smallest absolute Gasteiger partial charge is 0.320 e. The fraction of sp³-hybridized carbons (Fsp3) is 0.176. The molecule has 0 saturated heterocycles. The quantitative estimate of drug-likeness (QED) is 0.714. The van der Waals surface area contributed by atoms with Gasteiger partial charge in [-0.1, -0.05) is 12.1 Å². The van der Waals surface area contributed by atoms with Crippen molar-refractivity contribution >= 4 is 22.4 Å². The van der Waals surface area contributed by atoms with E-state index in [0.29, 0.717) is 11.6 Å². The number of carbonyl (C=O) groups is 1. The van der Waals surface area contributed by atoms with Gasteiger partial charge in [0.1, 0.15) is 11.5 Å². The Balaban J connectivity index is 1.70. The van der Waals surface area contributed by atoms with E-state index in [2.05, 4.69) is 20.3 Å². The van der Waals surface area contributed by atoms with Crippen LogP contribution in [0.4, 0.5) is 9.52 Å². The minimum absolute atomic E-state index is 0.0330. The van der Waals surface area contributed by atoms with E-state index < -0.39 is 5.91 Å². The van der Waals surface area contributed by atoms with Gasteiger partial charge in [0.25, 0.3) is 5.91 Å². The number of hydrogen-bond acceptors (Lipinski definition) is 7. The topological polar surface area (TPSA) is 86.2 Å². The maximum atomic E-state index is 13.0. The van der Waals surface area contributed by atoms with Gasteiger partial charge in [-0.3, -0.25) is 10.1 Å². The number of anilines is 1. The first-order valence-corrected chi connectivity index (χ1v) is 8.36. The molecule has 7 nitrogen and oxygen atoms in total. The predicted octanol–water partition coefficient (Wildman–Crippen LogP) is 2.93. The zero-order valence-corrected chi connectivity index (χ0v) is 14.8. The monoisotopic (exact) mass is 374 g/mol. The molecule has 0 atom stereocenters. The van der Waals surface area contributed by atoms with Gasteiger partial charge in [-0.2, -0.15) is 9.97 Å². The molecule has 0 aliphatic carbocycles. The van der Waals surface area contributed by atoms with Gasteiger partial charge in [0.15, 0.2) is 5.13 Å². The van der Waals surface area contributed by atoms with E-state index in [0.717, 1.165) is 10.4 Å². The number of ether oxygens (including phenoxy) is 2. The first-order chi connectivity index (χ1) is 12.6. The summed E-state index contributed by atoms with van der Waals surface area (Å²) in [7, 11) is 2.84. The third kappa shape index (κ3) is 4.31. The van der Waals surface area contributed by atoms with Gasteiger partial charge in [-0.15, -0.1) is 11.3 Å². The fourth-order valence-electron chi connectivity index (χ4n) is 2.13. The molecule has 9 heteroatoms. The van der Waals surface area contributed by atoms with Gasteiger partial charge in [0, 0.05) is 23.6 Å². The molecule has 3 rings (SSSR count). The molecule has 0 saturated carbocycles. The average molecular weight is 374 g/mol. The molecule has 0 aliphatic rings. The highest BCUT2D eigenvalue weighted by atomic mass is 32.1. The summed E-state index contributed by atoms with van der Waals surface area (Å²) >= 11 is 1.33. The van der Waals surface area contributed by atoms with Crippen LogP contribution in [-0.4, -0.2) is 35.1 Å². The van der Waals surface area contributed by atoms with Crippen LogP contribution in [0.5, 0.6) is 11.9 Å². The number of aromatic nitrogens is 3. The van der Waals surface area contributed by atoms with Crippen molar-refractivity contribution < 1.29 is 18.7 Å². The van der Waals surface area contributed by atoms with Crippen LogP contribution in [0.2, 0.25) is 0 Å². The van der Waals surface area contributed by atoms with Crippen LogP contribution >= 0.6 is 11.3 Å². The van der Waals surface area contributed by atoms with E-state index in [1.807, 2.05) is 0 Å². The highest BCUT2D eigenvalue weighted by Crippen LogP contribution is 2.22. The first kappa shape index (κ1) is 17.7. The summed E-state index contributed by atoms with van der Waals surface area (Å²) in [4.78, 5) is 25.4. The Hall–Kier alpha value is -3.07. The molecule has 0 unspecified atom stereocenters. The summed E-state index contributed by atoms with van der Waals surface area (Å²) < 4.78 is 22.9. The van der Waals surface area contributed by atoms with E-state index in [-0.39, 0.29) is 23.4 Å². The minimum Gasteiger partial charge on any atom is -0.481 e. The Bertz CT molecular complexity index is 892. The number of nitrogens with zero attached hydrogens (tertiary/aromatic N) is 3. The lowest BCUT2D eigenvalue weighted by atomic mass is 10.1. The molecule has 26 heavy (non-hydrogen) atoms. The van der Waals surface area contributed by atoms with Crippen molar-refractivity contribution in [3.05, 3.63) is 58.5 Å². The molecule has 1 aromatic carbocycles. The molecular formula is C17H15FN4O3S. The van der Waals surface area contributed by atoms with Crippen LogP contribution in [0.3, 0.4) is 0 Å². The second-order valence-corrected chi connectivity index (χ2v) is 6.29. The SMILES string of the molecule is COc1cc(C(=O)Nc2ncc(Cc3ccc(F)cc3)s2)nc(OC)n1. The van der Waals surface area contributed by atoms with Crippen molar-refractivity contribution in [2.75, 3.05) is 19.5 Å². The van der Waals surface area contributed by atoms with Crippen LogP contribution in [0.1, 0.15) is 20.9 Å². The molecule has 0 aliphatic heterocycles. The van der Waals surface area contributed by atoms with Crippen molar-refractivity contribution in [2.24, 2.45) is 0 Å². The van der Waals surface area contributed by atoms with Gasteiger partial charge in [0.05, 0.1) is 14.2 Å². The van der Waals surface area contributed by atoms with Crippen LogP contribution in [-0.2, 0) is 6.42 Å². The van der Waals surface area contributed by atoms with Crippen LogP contribution < -0.4 is 14.8 Å². The number of nitrogens with one attached hydrogen (secondary N) is 1. The van der Waals surface area contributed by atoms with Crippen molar-refractivity contribution in [1.82, 2.24) is 15.0 Å². The molecule has 1 amide bonds. The highest BCUT2D eigenvalue weighted by Gasteiger charge is 2.15. The lowest BCUT2D eigenvalue weighted by molar-refractivity contribution is 0.102. The molecule has 2 heterocycles. The number of benzene rings is 1. The van der Waals surface area contributed by atoms with Crippen molar-refractivity contribution in [3.63, 3.8) is 0 Å². The number of hydrogen-bond donors (Lipinski definition) is 1. The number of carbonyl (C=O) groups excluding carboxylic acids is 1. The van der Waals surface area contributed by atoms with E-state index >= 15 is 0 Å². The Labute approximate surface area is 152 Å². The van der Waals surface area contributed by atoms with Gasteiger partial charge in [-0.25, -0.2) is 9.37 Å². The summed E-state index contributed by atoms with van der Waals surface area (Å²) in [5.41, 5.74) is 1.06. The standard InChI is InChI=1S/C17H15FN4O3S/c1-24-14-8-13(20-16(21-14)25-2)15(23)22-17-19-9-12(26-17)7-10-3-5-11(18)6-4-10/h3-6,8-9H,7H2,1-2H3,(H,19,22,23). The summed E-state index contributed by atoms with van der Waals surface area (Å²) in [5, 5.41) is 3.12. The first-order valence-electron chi connectivity index (χ1n) is 7.55. The van der Waals surface area contributed by atoms with Gasteiger partial charge in [0.2, 0.25) is 5.88 Å². The van der Waals surface area contributed by atoms with Crippen LogP contribution in [0, 0.1) is 5.82 Å². The molecule has 0 radical (unpaired) electrons. The number of amides is 1. The van der Waals surface area contributed by atoms with E-state index in [1.165, 1.54) is 43.8 Å². The summed E-state index contributed by atoms with van der Waals surface area (Å²) in [5.74, 6) is -0.508. The Morgan fingerprint density at radius 3 is 2.65 bits per heavy atom. The van der Waals surface area contributed by atoms with E-state index in [4.69, 9.17) is 9.47 Å². The minimum atomic E-state index is -0.452. The second kappa shape index (κ2) is 7.87. The number of thiazole rings is 1. The van der Waals surface area contributed by atoms with Gasteiger partial charge in [-0.05, 0) is 17.7 Å². The normalized spacial score (nSPS) is 10.4. The fourth-order valence-corrected chi connectivity index (χ4v) is 2.97. The van der Waals surface area contributed by atoms with E-state index in [9.17, 15) is 9.18 Å². The molecule has 0 fully saturated rings. The largest absolute Gasteiger partial charge is 0.481 e. The molecular weight excluding hydrogens is 359 g/mol. The van der Waals surface area contributed by atoms with Crippen molar-refractivity contribution in [1.29, 1.82) is 0 Å². The van der Waals surface area contributed by atoms with Crippen LogP contribution in [0.25, 0.3) is 0 Å². The molecule has 0 spiro atoms. The van der Waals surface area contributed by atoms with Crippen molar-refractivity contribution in [2.45, 2.75) is 6.42 Å². The third-order valence-electron chi connectivity index (χ3n) is 3.37. The lowest BCUT2D eigenvalue weighted by Gasteiger charge is -2.05.